The van der Waals surface area contributed by atoms with Gasteiger partial charge in [0.2, 0.25) is 0 Å². The Bertz CT molecular complexity index is 633. The molecule has 0 radical (unpaired) electrons. The van der Waals surface area contributed by atoms with E-state index in [4.69, 9.17) is 0 Å². The number of halogens is 23. The minimum Gasteiger partial charge on any atom is -0.192 e. The fourth-order valence-corrected chi connectivity index (χ4v) is 1.54. The van der Waals surface area contributed by atoms with E-state index in [2.05, 4.69) is 0 Å². The summed E-state index contributed by atoms with van der Waals surface area (Å²) in [7, 11) is 0. The van der Waals surface area contributed by atoms with Crippen molar-refractivity contribution >= 4 is 17.0 Å². The molecule has 0 fully saturated rings. The van der Waals surface area contributed by atoms with Crippen LogP contribution in [0, 0.1) is 0 Å². The van der Waals surface area contributed by atoms with E-state index < -0.39 is 59.7 Å². The molecular formula is C10HBrF22. The second-order valence-corrected chi connectivity index (χ2v) is 5.59. The number of hydrogen-bond donors (Lipinski definition) is 0. The molecule has 0 aromatic rings. The van der Waals surface area contributed by atoms with E-state index in [1.165, 1.54) is 0 Å². The summed E-state index contributed by atoms with van der Waals surface area (Å²) in [4.78, 5) is 0. The Kier molecular flexibility index (Phi) is 8.25. The Hall–Kier alpha value is -1.06. The first-order valence-corrected chi connectivity index (χ1v) is 6.41. The Morgan fingerprint density at radius 1 is 0.182 bits per heavy atom. The normalized spacial score (nSPS) is 16.5. The van der Waals surface area contributed by atoms with Crippen LogP contribution in [0.4, 0.5) is 96.6 Å². The zero-order valence-corrected chi connectivity index (χ0v) is 15.4. The molecule has 0 saturated carbocycles. The van der Waals surface area contributed by atoms with Crippen LogP contribution in [0.25, 0.3) is 0 Å². The van der Waals surface area contributed by atoms with Gasteiger partial charge in [-0.05, 0) is 0 Å². The topological polar surface area (TPSA) is 0 Å². The Morgan fingerprint density at radius 2 is 0.273 bits per heavy atom. The number of hydrogen-bond acceptors (Lipinski definition) is 0. The molecule has 0 amide bonds. The van der Waals surface area contributed by atoms with Crippen LogP contribution < -0.4 is 0 Å². The third kappa shape index (κ3) is 4.05. The van der Waals surface area contributed by atoms with Crippen LogP contribution in [0.15, 0.2) is 0 Å². The molecule has 0 aliphatic rings. The lowest BCUT2D eigenvalue weighted by atomic mass is 9.87. The number of alkyl halides is 22. The maximum atomic E-state index is 13.1. The molecule has 202 valence electrons. The second kappa shape index (κ2) is 7.98. The number of rotatable bonds is 7. The molecule has 0 nitrogen and oxygen atoms in total. The van der Waals surface area contributed by atoms with Crippen molar-refractivity contribution in [3.63, 3.8) is 0 Å². The summed E-state index contributed by atoms with van der Waals surface area (Å²) in [6.45, 7) is 0. The highest BCUT2D eigenvalue weighted by Crippen LogP contribution is 2.66. The second-order valence-electron chi connectivity index (χ2n) is 5.59. The highest BCUT2D eigenvalue weighted by Gasteiger charge is 2.98. The van der Waals surface area contributed by atoms with Crippen molar-refractivity contribution in [2.75, 3.05) is 0 Å². The first-order valence-electron chi connectivity index (χ1n) is 6.41. The van der Waals surface area contributed by atoms with Gasteiger partial charge < -0.3 is 0 Å². The summed E-state index contributed by atoms with van der Waals surface area (Å²) in [6, 6.07) is 0. The third-order valence-corrected chi connectivity index (χ3v) is 3.47. The molecule has 0 aromatic heterocycles. The zero-order valence-electron chi connectivity index (χ0n) is 13.7. The van der Waals surface area contributed by atoms with E-state index >= 15 is 0 Å². The van der Waals surface area contributed by atoms with Gasteiger partial charge in [-0.15, -0.1) is 17.0 Å². The summed E-state index contributed by atoms with van der Waals surface area (Å²) < 4.78 is 276. The van der Waals surface area contributed by atoms with Gasteiger partial charge >= 0.3 is 59.7 Å². The molecule has 0 N–H and O–H groups in total. The predicted octanol–water partition coefficient (Wildman–Crippen LogP) is 7.77. The first kappa shape index (κ1) is 34.1. The van der Waals surface area contributed by atoms with E-state index in [1.807, 2.05) is 0 Å². The van der Waals surface area contributed by atoms with Gasteiger partial charge in [0.15, 0.2) is 0 Å². The van der Waals surface area contributed by atoms with Crippen molar-refractivity contribution in [2.45, 2.75) is 59.7 Å². The van der Waals surface area contributed by atoms with E-state index in [1.54, 1.807) is 0 Å². The molecule has 0 spiro atoms. The van der Waals surface area contributed by atoms with Crippen molar-refractivity contribution in [3.05, 3.63) is 0 Å². The van der Waals surface area contributed by atoms with Crippen molar-refractivity contribution in [1.29, 1.82) is 0 Å². The Labute approximate surface area is 174 Å². The molecule has 0 saturated heterocycles. The average Bonchev–Trinajstić information content (AvgIpc) is 2.51. The van der Waals surface area contributed by atoms with Gasteiger partial charge in [-0.25, -0.2) is 0 Å². The van der Waals surface area contributed by atoms with E-state index in [9.17, 15) is 96.6 Å². The fourth-order valence-electron chi connectivity index (χ4n) is 1.54. The maximum Gasteiger partial charge on any atom is 0.460 e. The molecule has 0 rings (SSSR count). The highest BCUT2D eigenvalue weighted by molar-refractivity contribution is 8.93. The molecule has 0 aliphatic heterocycles. The summed E-state index contributed by atoms with van der Waals surface area (Å²) >= 11 is 0. The molecule has 0 atom stereocenters. The predicted molar refractivity (Wildman–Crippen MR) is 62.0 cm³/mol. The van der Waals surface area contributed by atoms with Gasteiger partial charge in [-0.3, -0.25) is 0 Å². The molecule has 0 bridgehead atoms. The van der Waals surface area contributed by atoms with Gasteiger partial charge in [-0.1, -0.05) is 0 Å². The standard InChI is InChI=1S/C10F22.BrH/c11-1(12,3(15,16)5(19,20)7(23,24)9(27,28)29)2(13,14)4(17,18)6(21,22)8(25,26)10(30,31)32;/h;1H. The largest absolute Gasteiger partial charge is 0.460 e. The first-order chi connectivity index (χ1) is 13.2. The minimum absolute atomic E-state index is 0. The molecule has 0 unspecified atom stereocenters. The lowest BCUT2D eigenvalue weighted by molar-refractivity contribution is -0.478. The lowest BCUT2D eigenvalue weighted by Gasteiger charge is -2.43. The van der Waals surface area contributed by atoms with E-state index in [0.29, 0.717) is 0 Å². The van der Waals surface area contributed by atoms with Crippen molar-refractivity contribution in [2.24, 2.45) is 0 Å². The van der Waals surface area contributed by atoms with Crippen LogP contribution in [0.2, 0.25) is 0 Å². The molecule has 33 heavy (non-hydrogen) atoms. The van der Waals surface area contributed by atoms with Gasteiger partial charge in [0.05, 0.1) is 0 Å². The third-order valence-electron chi connectivity index (χ3n) is 3.47. The molecule has 0 aromatic carbocycles. The van der Waals surface area contributed by atoms with E-state index in [0.717, 1.165) is 0 Å². The quantitative estimate of drug-likeness (QED) is 0.256. The maximum absolute atomic E-state index is 13.1. The van der Waals surface area contributed by atoms with Crippen LogP contribution in [-0.2, 0) is 0 Å². The van der Waals surface area contributed by atoms with Gasteiger partial charge in [0, 0.05) is 0 Å². The summed E-state index contributed by atoms with van der Waals surface area (Å²) in [5.74, 6) is -71.5. The smallest absolute Gasteiger partial charge is 0.192 e. The van der Waals surface area contributed by atoms with Crippen LogP contribution in [-0.4, -0.2) is 59.7 Å². The van der Waals surface area contributed by atoms with Gasteiger partial charge in [0.1, 0.15) is 0 Å². The lowest BCUT2D eigenvalue weighted by Crippen LogP contribution is -2.76. The van der Waals surface area contributed by atoms with Crippen LogP contribution >= 0.6 is 17.0 Å². The molecule has 23 heteroatoms. The molecule has 0 aliphatic carbocycles. The van der Waals surface area contributed by atoms with Crippen molar-refractivity contribution in [3.8, 4) is 0 Å². The van der Waals surface area contributed by atoms with Gasteiger partial charge in [-0.2, -0.15) is 96.6 Å². The summed E-state index contributed by atoms with van der Waals surface area (Å²) in [5.41, 5.74) is 0. The summed E-state index contributed by atoms with van der Waals surface area (Å²) in [6.07, 6.45) is -16.1. The van der Waals surface area contributed by atoms with Crippen LogP contribution in [0.5, 0.6) is 0 Å². The van der Waals surface area contributed by atoms with Crippen molar-refractivity contribution in [1.82, 2.24) is 0 Å². The highest BCUT2D eigenvalue weighted by atomic mass is 79.9. The van der Waals surface area contributed by atoms with E-state index in [-0.39, 0.29) is 17.0 Å². The zero-order chi connectivity index (χ0) is 27.0. The average molecular weight is 619 g/mol. The van der Waals surface area contributed by atoms with Crippen molar-refractivity contribution < 1.29 is 96.6 Å². The van der Waals surface area contributed by atoms with Crippen LogP contribution in [0.1, 0.15) is 0 Å². The minimum atomic E-state index is -9.24. The van der Waals surface area contributed by atoms with Gasteiger partial charge in [0.25, 0.3) is 0 Å². The molecular weight excluding hydrogens is 618 g/mol. The van der Waals surface area contributed by atoms with Crippen LogP contribution in [0.3, 0.4) is 0 Å². The monoisotopic (exact) mass is 618 g/mol. The molecule has 0 heterocycles. The summed E-state index contributed by atoms with van der Waals surface area (Å²) in [5, 5.41) is 0. The Morgan fingerprint density at radius 3 is 0.364 bits per heavy atom. The fraction of sp³-hybridized carbons (Fsp3) is 1.00. The SMILES string of the molecule is Br.FC(F)(F)C(F)(F)C(F)(F)C(F)(F)C(F)(F)C(F)(F)C(F)(F)C(F)(F)C(F)(F)C(F)(F)F. The Balaban J connectivity index is 0.